The van der Waals surface area contributed by atoms with Gasteiger partial charge in [-0.25, -0.2) is 0 Å². The normalized spacial score (nSPS) is 11.3. The molecule has 0 heterocycles. The van der Waals surface area contributed by atoms with Crippen LogP contribution >= 0.6 is 0 Å². The molecular formula is C46H34F6HfSi-2. The number of hydrogen-bond acceptors (Lipinski definition) is 0. The van der Waals surface area contributed by atoms with Crippen LogP contribution in [0.15, 0.2) is 170 Å². The van der Waals surface area contributed by atoms with Crippen molar-refractivity contribution in [1.29, 1.82) is 0 Å². The zero-order valence-electron chi connectivity index (χ0n) is 29.4. The second kappa shape index (κ2) is 17.6. The van der Waals surface area contributed by atoms with Gasteiger partial charge in [0.2, 0.25) is 0 Å². The van der Waals surface area contributed by atoms with Gasteiger partial charge in [-0.15, -0.1) is 69.1 Å². The van der Waals surface area contributed by atoms with Gasteiger partial charge in [-0.05, 0) is 23.3 Å². The van der Waals surface area contributed by atoms with E-state index in [1.807, 2.05) is 97.1 Å². The van der Waals surface area contributed by atoms with Crippen LogP contribution in [0.5, 0.6) is 0 Å². The first-order valence-electron chi connectivity index (χ1n) is 16.9. The fourth-order valence-corrected chi connectivity index (χ4v) is 6.46. The zero-order valence-corrected chi connectivity index (χ0v) is 34.0. The summed E-state index contributed by atoms with van der Waals surface area (Å²) in [6, 6.07) is 50.1. The molecule has 0 aliphatic rings. The van der Waals surface area contributed by atoms with Crippen LogP contribution < -0.4 is 0 Å². The van der Waals surface area contributed by atoms with Gasteiger partial charge < -0.3 is 0 Å². The summed E-state index contributed by atoms with van der Waals surface area (Å²) in [6.07, 6.45) is -8.76. The summed E-state index contributed by atoms with van der Waals surface area (Å²) in [4.78, 5) is 0. The predicted molar refractivity (Wildman–Crippen MR) is 208 cm³/mol. The molecule has 0 spiro atoms. The van der Waals surface area contributed by atoms with Gasteiger partial charge in [-0.1, -0.05) is 157 Å². The van der Waals surface area contributed by atoms with Crippen molar-refractivity contribution in [2.75, 3.05) is 0 Å². The molecule has 0 bridgehead atoms. The largest absolute Gasteiger partial charge is 0.416 e. The average molecular weight is 907 g/mol. The van der Waals surface area contributed by atoms with Crippen molar-refractivity contribution in [2.45, 2.75) is 25.4 Å². The Bertz CT molecular complexity index is 2250. The maximum atomic E-state index is 13.4. The van der Waals surface area contributed by atoms with Crippen molar-refractivity contribution in [3.05, 3.63) is 181 Å². The fraction of sp³-hybridized carbons (Fsp3) is 0.0870. The standard InChI is InChI=1S/2C22H14F3.C2H6Si.Hf/c2*23-22(24,25)21-12-5-4-10-19(21)18-11-6-9-16-13-17(14-20(16)18)15-7-2-1-3-8-15;1-3-2;/h2*1-14H;1-2H3;/q2*-1;;. The van der Waals surface area contributed by atoms with E-state index in [4.69, 9.17) is 0 Å². The number of rotatable bonds is 4. The van der Waals surface area contributed by atoms with Gasteiger partial charge in [0.25, 0.3) is 0 Å². The van der Waals surface area contributed by atoms with Crippen molar-refractivity contribution in [3.8, 4) is 44.5 Å². The summed E-state index contributed by atoms with van der Waals surface area (Å²) in [5, 5.41) is 3.54. The first-order valence-corrected chi connectivity index (χ1v) is 18.9. The molecule has 54 heavy (non-hydrogen) atoms. The SMILES string of the molecule is C[Si]C.FC(F)(F)c1ccccc1-c1cccc2[cH-]c(-c3ccccc3)cc12.FC(F)(F)c1ccccc1-c1cccc2[cH-]c(-c3ccccc3)cc12.[Hf]. The van der Waals surface area contributed by atoms with Crippen LogP contribution in [-0.2, 0) is 38.2 Å². The van der Waals surface area contributed by atoms with Gasteiger partial charge in [-0.3, -0.25) is 0 Å². The fourth-order valence-electron chi connectivity index (χ4n) is 6.46. The quantitative estimate of drug-likeness (QED) is 0.0938. The molecule has 0 fully saturated rings. The van der Waals surface area contributed by atoms with Crippen LogP contribution in [0.2, 0.25) is 13.1 Å². The molecular weight excluding hydrogens is 873 g/mol. The van der Waals surface area contributed by atoms with Crippen LogP contribution in [0.1, 0.15) is 11.1 Å². The van der Waals surface area contributed by atoms with Crippen molar-refractivity contribution in [1.82, 2.24) is 0 Å². The Hall–Kier alpha value is -4.79. The van der Waals surface area contributed by atoms with Crippen LogP contribution in [-0.4, -0.2) is 9.52 Å². The summed E-state index contributed by atoms with van der Waals surface area (Å²) in [5.41, 5.74) is 4.54. The number of alkyl halides is 6. The molecule has 8 aromatic carbocycles. The summed E-state index contributed by atoms with van der Waals surface area (Å²) in [6.45, 7) is 4.31. The van der Waals surface area contributed by atoms with Gasteiger partial charge in [0.05, 0.1) is 11.1 Å². The molecule has 0 aliphatic carbocycles. The van der Waals surface area contributed by atoms with E-state index < -0.39 is 23.5 Å². The van der Waals surface area contributed by atoms with E-state index in [1.54, 1.807) is 36.4 Å². The van der Waals surface area contributed by atoms with E-state index in [9.17, 15) is 26.3 Å². The monoisotopic (exact) mass is 908 g/mol. The predicted octanol–water partition coefficient (Wildman–Crippen LogP) is 14.6. The molecule has 0 N–H and O–H groups in total. The van der Waals surface area contributed by atoms with E-state index in [-0.39, 0.29) is 37.0 Å². The summed E-state index contributed by atoms with van der Waals surface area (Å²) < 4.78 is 80.4. The van der Waals surface area contributed by atoms with Crippen LogP contribution in [0.4, 0.5) is 26.3 Å². The second-order valence-electron chi connectivity index (χ2n) is 12.4. The molecule has 270 valence electrons. The molecule has 0 unspecified atom stereocenters. The molecule has 0 atom stereocenters. The van der Waals surface area contributed by atoms with Gasteiger partial charge in [0.15, 0.2) is 0 Å². The van der Waals surface area contributed by atoms with Gasteiger partial charge in [-0.2, -0.15) is 26.3 Å². The smallest absolute Gasteiger partial charge is 0.166 e. The Kier molecular flexibility index (Phi) is 13.1. The minimum Gasteiger partial charge on any atom is -0.166 e. The maximum Gasteiger partial charge on any atom is 0.416 e. The molecule has 8 heteroatoms. The minimum atomic E-state index is -4.38. The Balaban J connectivity index is 0.000000190. The topological polar surface area (TPSA) is 0 Å². The van der Waals surface area contributed by atoms with Crippen LogP contribution in [0.3, 0.4) is 0 Å². The summed E-state index contributed by atoms with van der Waals surface area (Å²) in [7, 11) is 1.08. The van der Waals surface area contributed by atoms with E-state index in [0.29, 0.717) is 11.1 Å². The third-order valence-electron chi connectivity index (χ3n) is 8.76. The number of hydrogen-bond donors (Lipinski definition) is 0. The van der Waals surface area contributed by atoms with Crippen molar-refractivity contribution in [3.63, 3.8) is 0 Å². The molecule has 8 aromatic rings. The van der Waals surface area contributed by atoms with Gasteiger partial charge in [0.1, 0.15) is 0 Å². The Morgan fingerprint density at radius 1 is 0.407 bits per heavy atom. The minimum absolute atomic E-state index is 0. The molecule has 0 aromatic heterocycles. The van der Waals surface area contributed by atoms with Crippen molar-refractivity contribution < 1.29 is 52.2 Å². The van der Waals surface area contributed by atoms with E-state index >= 15 is 0 Å². The molecule has 8 rings (SSSR count). The number of halogens is 6. The Labute approximate surface area is 332 Å². The zero-order chi connectivity index (χ0) is 37.6. The third-order valence-corrected chi connectivity index (χ3v) is 8.76. The van der Waals surface area contributed by atoms with Crippen LogP contribution in [0.25, 0.3) is 66.1 Å². The van der Waals surface area contributed by atoms with Crippen molar-refractivity contribution in [2.24, 2.45) is 0 Å². The maximum absolute atomic E-state index is 13.4. The summed E-state index contributed by atoms with van der Waals surface area (Å²) >= 11 is 0. The Morgan fingerprint density at radius 2 is 0.722 bits per heavy atom. The van der Waals surface area contributed by atoms with E-state index in [0.717, 1.165) is 65.5 Å². The summed E-state index contributed by atoms with van der Waals surface area (Å²) in [5.74, 6) is 0. The Morgan fingerprint density at radius 3 is 1.07 bits per heavy atom. The molecule has 2 radical (unpaired) electrons. The second-order valence-corrected chi connectivity index (χ2v) is 13.4. The van der Waals surface area contributed by atoms with Gasteiger partial charge >= 0.3 is 12.4 Å². The van der Waals surface area contributed by atoms with Crippen molar-refractivity contribution >= 4 is 31.1 Å². The van der Waals surface area contributed by atoms with E-state index in [1.165, 1.54) is 24.3 Å². The number of benzene rings is 6. The van der Waals surface area contributed by atoms with Gasteiger partial charge in [0, 0.05) is 35.4 Å². The van der Waals surface area contributed by atoms with E-state index in [2.05, 4.69) is 13.1 Å². The number of fused-ring (bicyclic) bond motifs is 2. The first-order chi connectivity index (χ1) is 25.5. The third kappa shape index (κ3) is 9.11. The first kappa shape index (κ1) is 40.4. The van der Waals surface area contributed by atoms with Crippen LogP contribution in [0, 0.1) is 0 Å². The molecule has 0 saturated carbocycles. The molecule has 0 saturated heterocycles. The molecule has 0 amide bonds. The molecule has 0 aliphatic heterocycles. The molecule has 0 nitrogen and oxygen atoms in total. The average Bonchev–Trinajstić information content (AvgIpc) is 3.81.